The number of hydroxylamine groups is 2. The maximum Gasteiger partial charge on any atom is 0.287 e. The number of thiophene rings is 1. The van der Waals surface area contributed by atoms with Crippen LogP contribution in [-0.4, -0.2) is 25.1 Å². The molecule has 0 saturated carbocycles. The second-order valence-electron chi connectivity index (χ2n) is 4.10. The van der Waals surface area contributed by atoms with E-state index >= 15 is 0 Å². The molecule has 0 atom stereocenters. The summed E-state index contributed by atoms with van der Waals surface area (Å²) >= 11 is 1.63. The summed E-state index contributed by atoms with van der Waals surface area (Å²) in [7, 11) is 3.16. The topological polar surface area (TPSA) is 29.5 Å². The summed E-state index contributed by atoms with van der Waals surface area (Å²) in [6, 6.07) is 2.04. The highest BCUT2D eigenvalue weighted by molar-refractivity contribution is 7.14. The minimum absolute atomic E-state index is 0.0411. The lowest BCUT2D eigenvalue weighted by Gasteiger charge is -2.11. The third-order valence-corrected chi connectivity index (χ3v) is 4.24. The van der Waals surface area contributed by atoms with Crippen molar-refractivity contribution < 1.29 is 9.63 Å². The van der Waals surface area contributed by atoms with Crippen LogP contribution in [0.15, 0.2) is 6.07 Å². The van der Waals surface area contributed by atoms with Gasteiger partial charge in [0.15, 0.2) is 0 Å². The SMILES string of the molecule is CON(C)C(=O)c1cc2c(s1)CCCCC2. The number of aryl methyl sites for hydroxylation is 2. The molecule has 88 valence electrons. The van der Waals surface area contributed by atoms with Crippen LogP contribution in [0.2, 0.25) is 0 Å². The van der Waals surface area contributed by atoms with E-state index in [-0.39, 0.29) is 5.91 Å². The Labute approximate surface area is 100.0 Å². The van der Waals surface area contributed by atoms with Gasteiger partial charge in [0.2, 0.25) is 0 Å². The first kappa shape index (κ1) is 11.6. The van der Waals surface area contributed by atoms with Gasteiger partial charge in [-0.25, -0.2) is 5.06 Å². The van der Waals surface area contributed by atoms with Crippen LogP contribution in [0.4, 0.5) is 0 Å². The Balaban J connectivity index is 2.21. The third kappa shape index (κ3) is 2.28. The van der Waals surface area contributed by atoms with Crippen molar-refractivity contribution in [2.24, 2.45) is 0 Å². The molecule has 1 aliphatic carbocycles. The molecule has 0 spiro atoms. The van der Waals surface area contributed by atoms with Gasteiger partial charge in [-0.15, -0.1) is 11.3 Å². The molecule has 0 aromatic carbocycles. The zero-order chi connectivity index (χ0) is 11.5. The average molecular weight is 239 g/mol. The van der Waals surface area contributed by atoms with Gasteiger partial charge >= 0.3 is 0 Å². The van der Waals surface area contributed by atoms with Crippen LogP contribution in [0.3, 0.4) is 0 Å². The summed E-state index contributed by atoms with van der Waals surface area (Å²) in [6.07, 6.45) is 6.06. The molecule has 1 aromatic rings. The molecule has 0 aliphatic heterocycles. The molecule has 0 N–H and O–H groups in total. The molecule has 0 radical (unpaired) electrons. The second kappa shape index (κ2) is 4.97. The summed E-state index contributed by atoms with van der Waals surface area (Å²) in [6.45, 7) is 0. The molecule has 0 saturated heterocycles. The van der Waals surface area contributed by atoms with Gasteiger partial charge in [-0.3, -0.25) is 9.63 Å². The predicted octanol–water partition coefficient (Wildman–Crippen LogP) is 2.65. The van der Waals surface area contributed by atoms with Crippen LogP contribution >= 0.6 is 11.3 Å². The number of nitrogens with zero attached hydrogens (tertiary/aromatic N) is 1. The standard InChI is InChI=1S/C12H17NO2S/c1-13(15-2)12(14)11-8-9-6-4-3-5-7-10(9)16-11/h8H,3-7H2,1-2H3. The van der Waals surface area contributed by atoms with Gasteiger partial charge in [-0.2, -0.15) is 0 Å². The van der Waals surface area contributed by atoms with Crippen LogP contribution in [0.5, 0.6) is 0 Å². The number of fused-ring (bicyclic) bond motifs is 1. The van der Waals surface area contributed by atoms with Crippen LogP contribution in [0.1, 0.15) is 39.4 Å². The van der Waals surface area contributed by atoms with Crippen molar-refractivity contribution in [1.29, 1.82) is 0 Å². The lowest BCUT2D eigenvalue weighted by molar-refractivity contribution is -0.0753. The molecular weight excluding hydrogens is 222 g/mol. The fourth-order valence-corrected chi connectivity index (χ4v) is 3.23. The summed E-state index contributed by atoms with van der Waals surface area (Å²) in [4.78, 5) is 19.0. The van der Waals surface area contributed by atoms with E-state index in [0.717, 1.165) is 17.7 Å². The first-order valence-corrected chi connectivity index (χ1v) is 6.47. The predicted molar refractivity (Wildman–Crippen MR) is 64.7 cm³/mol. The number of hydrogen-bond donors (Lipinski definition) is 0. The minimum atomic E-state index is -0.0411. The maximum atomic E-state index is 11.9. The summed E-state index contributed by atoms with van der Waals surface area (Å²) in [5, 5.41) is 1.28. The molecule has 0 unspecified atom stereocenters. The van der Waals surface area contributed by atoms with E-state index in [9.17, 15) is 4.79 Å². The van der Waals surface area contributed by atoms with Gasteiger partial charge in [0.05, 0.1) is 12.0 Å². The normalized spacial score (nSPS) is 15.4. The quantitative estimate of drug-likeness (QED) is 0.586. The third-order valence-electron chi connectivity index (χ3n) is 3.02. The van der Waals surface area contributed by atoms with E-state index in [1.54, 1.807) is 18.4 Å². The van der Waals surface area contributed by atoms with Crippen molar-refractivity contribution in [3.8, 4) is 0 Å². The Morgan fingerprint density at radius 2 is 2.12 bits per heavy atom. The lowest BCUT2D eigenvalue weighted by atomic mass is 10.1. The molecule has 2 rings (SSSR count). The van der Waals surface area contributed by atoms with Gasteiger partial charge < -0.3 is 0 Å². The minimum Gasteiger partial charge on any atom is -0.274 e. The molecule has 4 heteroatoms. The first-order chi connectivity index (χ1) is 7.72. The summed E-state index contributed by atoms with van der Waals surface area (Å²) < 4.78 is 0. The Morgan fingerprint density at radius 3 is 2.88 bits per heavy atom. The summed E-state index contributed by atoms with van der Waals surface area (Å²) in [5.74, 6) is -0.0411. The molecule has 0 fully saturated rings. The Hall–Kier alpha value is -0.870. The number of carbonyl (C=O) groups is 1. The van der Waals surface area contributed by atoms with Crippen LogP contribution < -0.4 is 0 Å². The number of amides is 1. The van der Waals surface area contributed by atoms with Crippen LogP contribution in [0.25, 0.3) is 0 Å². The number of hydrogen-bond acceptors (Lipinski definition) is 3. The van der Waals surface area contributed by atoms with Crippen molar-refractivity contribution in [1.82, 2.24) is 5.06 Å². The highest BCUT2D eigenvalue weighted by Crippen LogP contribution is 2.29. The van der Waals surface area contributed by atoms with E-state index in [1.165, 1.54) is 41.9 Å². The Bertz CT molecular complexity index is 363. The van der Waals surface area contributed by atoms with E-state index in [0.29, 0.717) is 0 Å². The molecule has 1 aromatic heterocycles. The largest absolute Gasteiger partial charge is 0.287 e. The Morgan fingerprint density at radius 1 is 1.38 bits per heavy atom. The molecule has 1 amide bonds. The van der Waals surface area contributed by atoms with Gasteiger partial charge in [0.1, 0.15) is 0 Å². The van der Waals surface area contributed by atoms with Crippen LogP contribution in [0, 0.1) is 0 Å². The van der Waals surface area contributed by atoms with Crippen molar-refractivity contribution in [3.05, 3.63) is 21.4 Å². The summed E-state index contributed by atoms with van der Waals surface area (Å²) in [5.41, 5.74) is 1.37. The van der Waals surface area contributed by atoms with Crippen molar-refractivity contribution in [3.63, 3.8) is 0 Å². The molecule has 0 bridgehead atoms. The smallest absolute Gasteiger partial charge is 0.274 e. The zero-order valence-corrected chi connectivity index (χ0v) is 10.6. The fraction of sp³-hybridized carbons (Fsp3) is 0.583. The van der Waals surface area contributed by atoms with Crippen molar-refractivity contribution in [2.75, 3.05) is 14.2 Å². The lowest BCUT2D eigenvalue weighted by Crippen LogP contribution is -2.24. The molecule has 1 heterocycles. The van der Waals surface area contributed by atoms with Crippen molar-refractivity contribution >= 4 is 17.2 Å². The van der Waals surface area contributed by atoms with E-state index in [2.05, 4.69) is 0 Å². The number of carbonyl (C=O) groups excluding carboxylic acids is 1. The van der Waals surface area contributed by atoms with Crippen LogP contribution in [-0.2, 0) is 17.7 Å². The highest BCUT2D eigenvalue weighted by atomic mass is 32.1. The van der Waals surface area contributed by atoms with Gasteiger partial charge in [-0.05, 0) is 37.3 Å². The maximum absolute atomic E-state index is 11.9. The second-order valence-corrected chi connectivity index (χ2v) is 5.24. The van der Waals surface area contributed by atoms with E-state index in [4.69, 9.17) is 4.84 Å². The van der Waals surface area contributed by atoms with Crippen molar-refractivity contribution in [2.45, 2.75) is 32.1 Å². The van der Waals surface area contributed by atoms with Gasteiger partial charge in [0, 0.05) is 11.9 Å². The average Bonchev–Trinajstić information content (AvgIpc) is 2.58. The van der Waals surface area contributed by atoms with E-state index in [1.807, 2.05) is 6.07 Å². The Kier molecular flexibility index (Phi) is 3.61. The van der Waals surface area contributed by atoms with Gasteiger partial charge in [-0.1, -0.05) is 6.42 Å². The van der Waals surface area contributed by atoms with Gasteiger partial charge in [0.25, 0.3) is 5.91 Å². The first-order valence-electron chi connectivity index (χ1n) is 5.66. The zero-order valence-electron chi connectivity index (χ0n) is 9.78. The molecule has 16 heavy (non-hydrogen) atoms. The number of rotatable bonds is 2. The molecular formula is C12H17NO2S. The van der Waals surface area contributed by atoms with E-state index < -0.39 is 0 Å². The fourth-order valence-electron chi connectivity index (χ4n) is 2.01. The highest BCUT2D eigenvalue weighted by Gasteiger charge is 2.18. The monoisotopic (exact) mass is 239 g/mol. The molecule has 3 nitrogen and oxygen atoms in total. The molecule has 1 aliphatic rings.